The topological polar surface area (TPSA) is 6.48 Å². The van der Waals surface area contributed by atoms with Crippen LogP contribution in [0.1, 0.15) is 103 Å². The van der Waals surface area contributed by atoms with E-state index in [1.165, 1.54) is 145 Å². The Morgan fingerprint density at radius 1 is 0.287 bits per heavy atom. The fourth-order valence-electron chi connectivity index (χ4n) is 15.2. The molecular formula is C85H76N2. The molecule has 0 saturated carbocycles. The van der Waals surface area contributed by atoms with Crippen molar-refractivity contribution in [1.82, 2.24) is 0 Å². The van der Waals surface area contributed by atoms with E-state index in [-0.39, 0.29) is 16.2 Å². The van der Waals surface area contributed by atoms with E-state index in [2.05, 4.69) is 332 Å². The summed E-state index contributed by atoms with van der Waals surface area (Å²) in [6.45, 7) is 19.1. The second kappa shape index (κ2) is 22.1. The van der Waals surface area contributed by atoms with Gasteiger partial charge in [0.2, 0.25) is 0 Å². The van der Waals surface area contributed by atoms with Gasteiger partial charge in [0.05, 0.1) is 0 Å². The van der Waals surface area contributed by atoms with Crippen LogP contribution in [0, 0.1) is 27.7 Å². The highest BCUT2D eigenvalue weighted by molar-refractivity contribution is 5.88. The average molecular weight is 1130 g/mol. The van der Waals surface area contributed by atoms with Crippen LogP contribution in [0.3, 0.4) is 0 Å². The zero-order valence-corrected chi connectivity index (χ0v) is 51.6. The Kier molecular flexibility index (Phi) is 14.1. The number of benzene rings is 11. The summed E-state index contributed by atoms with van der Waals surface area (Å²) < 4.78 is 0. The third-order valence-corrected chi connectivity index (χ3v) is 19.3. The minimum absolute atomic E-state index is 0.0804. The van der Waals surface area contributed by atoms with E-state index in [0.29, 0.717) is 0 Å². The van der Waals surface area contributed by atoms with Crippen molar-refractivity contribution >= 4 is 39.7 Å². The maximum Gasteiger partial charge on any atom is 0.0491 e. The Hall–Kier alpha value is -9.50. The summed E-state index contributed by atoms with van der Waals surface area (Å²) in [7, 11) is 0. The van der Waals surface area contributed by atoms with Gasteiger partial charge in [-0.05, 0) is 260 Å². The molecule has 3 aliphatic carbocycles. The molecule has 11 aromatic rings. The minimum atomic E-state index is -0.255. The summed E-state index contributed by atoms with van der Waals surface area (Å²) in [5.41, 5.74) is 32.1. The molecule has 426 valence electrons. The van der Waals surface area contributed by atoms with Crippen LogP contribution in [0.25, 0.3) is 61.2 Å². The second-order valence-corrected chi connectivity index (χ2v) is 26.2. The lowest BCUT2D eigenvalue weighted by Gasteiger charge is -2.33. The number of hydrogen-bond donors (Lipinski definition) is 0. The summed E-state index contributed by atoms with van der Waals surface area (Å²) >= 11 is 0. The second-order valence-electron chi connectivity index (χ2n) is 26.2. The van der Waals surface area contributed by atoms with Gasteiger partial charge in [0, 0.05) is 39.5 Å². The molecule has 0 heterocycles. The number of rotatable bonds is 12. The molecule has 0 fully saturated rings. The molecule has 0 aromatic heterocycles. The molecule has 0 N–H and O–H groups in total. The van der Waals surface area contributed by atoms with E-state index in [4.69, 9.17) is 0 Å². The highest BCUT2D eigenvalue weighted by atomic mass is 15.2. The molecule has 0 radical (unpaired) electrons. The van der Waals surface area contributed by atoms with Gasteiger partial charge >= 0.3 is 0 Å². The molecule has 0 saturated heterocycles. The molecule has 1 unspecified atom stereocenters. The van der Waals surface area contributed by atoms with Gasteiger partial charge in [-0.3, -0.25) is 0 Å². The Labute approximate surface area is 516 Å². The first-order chi connectivity index (χ1) is 42.2. The lowest BCUT2D eigenvalue weighted by Crippen LogP contribution is -2.27. The van der Waals surface area contributed by atoms with Gasteiger partial charge < -0.3 is 9.80 Å². The number of fused-ring (bicyclic) bond motifs is 4. The monoisotopic (exact) mass is 1120 g/mol. The quantitative estimate of drug-likeness (QED) is 0.120. The summed E-state index contributed by atoms with van der Waals surface area (Å²) in [6, 6.07) is 93.6. The molecule has 2 nitrogen and oxygen atoms in total. The van der Waals surface area contributed by atoms with Crippen molar-refractivity contribution in [3.05, 3.63) is 317 Å². The molecule has 0 amide bonds. The van der Waals surface area contributed by atoms with Crippen molar-refractivity contribution in [1.29, 1.82) is 0 Å². The maximum atomic E-state index is 2.61. The molecule has 87 heavy (non-hydrogen) atoms. The van der Waals surface area contributed by atoms with Crippen LogP contribution in [0.4, 0.5) is 34.1 Å². The first-order valence-electron chi connectivity index (χ1n) is 31.3. The van der Waals surface area contributed by atoms with E-state index in [9.17, 15) is 0 Å². The van der Waals surface area contributed by atoms with Crippen LogP contribution >= 0.6 is 0 Å². The lowest BCUT2D eigenvalue weighted by atomic mass is 9.72. The van der Waals surface area contributed by atoms with Crippen LogP contribution in [0.15, 0.2) is 267 Å². The highest BCUT2D eigenvalue weighted by Crippen LogP contribution is 2.64. The SMILES string of the molecule is Cc1cc(-c2ccccc2)ccc1N(c1ccc2c(c1)C1(CC2(C)C)CC(C)(C)c2ccc(N(c3ccc(-c4ccccc4)cc3C)c3ccc(-c4cccc(-c5ccccc5)c4)cc3C)cc21)c1ccc(-c2cccc(C3=CCCC=C3)c2)cc1C. The molecule has 11 aromatic carbocycles. The number of hydrogen-bond acceptors (Lipinski definition) is 2. The van der Waals surface area contributed by atoms with Gasteiger partial charge in [0.15, 0.2) is 0 Å². The van der Waals surface area contributed by atoms with E-state index in [1.54, 1.807) is 0 Å². The average Bonchev–Trinajstić information content (AvgIpc) is 1.54. The van der Waals surface area contributed by atoms with Crippen LogP contribution < -0.4 is 9.80 Å². The summed E-state index contributed by atoms with van der Waals surface area (Å²) in [6.07, 6.45) is 11.2. The highest BCUT2D eigenvalue weighted by Gasteiger charge is 2.56. The molecule has 1 atom stereocenters. The van der Waals surface area contributed by atoms with Crippen molar-refractivity contribution in [3.63, 3.8) is 0 Å². The molecule has 3 aliphatic rings. The van der Waals surface area contributed by atoms with Crippen LogP contribution in [0.2, 0.25) is 0 Å². The standard InChI is InChI=1S/C85H76N2/c1-57-47-69(63-27-17-11-18-28-63)35-43-79(57)86(81-45-37-71(49-59(81)3)67-33-21-31-65(51-67)61-23-13-9-14-24-61)73-39-41-75-77(53-73)85(55-83(75,5)6)56-84(7,8)76-42-40-74(54-78(76)85)87(80-44-36-70(48-58(80)2)64-29-19-12-20-30-64)82-46-38-72(50-60(82)4)68-34-22-32-66(52-68)62-25-15-10-16-26-62/h9,11-15,17-54H,10,16,55-56H2,1-8H3. The third-order valence-electron chi connectivity index (χ3n) is 19.3. The van der Waals surface area contributed by atoms with E-state index < -0.39 is 0 Å². The zero-order valence-electron chi connectivity index (χ0n) is 51.6. The predicted octanol–water partition coefficient (Wildman–Crippen LogP) is 23.6. The number of allylic oxidation sites excluding steroid dienone is 4. The number of aryl methyl sites for hydroxylation is 4. The number of nitrogens with zero attached hydrogens (tertiary/aromatic N) is 2. The van der Waals surface area contributed by atoms with E-state index in [1.807, 2.05) is 0 Å². The molecule has 14 rings (SSSR count). The minimum Gasteiger partial charge on any atom is -0.310 e. The van der Waals surface area contributed by atoms with Gasteiger partial charge in [-0.1, -0.05) is 210 Å². The van der Waals surface area contributed by atoms with Crippen molar-refractivity contribution in [2.24, 2.45) is 0 Å². The van der Waals surface area contributed by atoms with Crippen LogP contribution in [-0.2, 0) is 16.2 Å². The van der Waals surface area contributed by atoms with Crippen molar-refractivity contribution in [3.8, 4) is 55.6 Å². The largest absolute Gasteiger partial charge is 0.310 e. The van der Waals surface area contributed by atoms with Gasteiger partial charge in [-0.2, -0.15) is 0 Å². The number of anilines is 6. The predicted molar refractivity (Wildman–Crippen MR) is 371 cm³/mol. The lowest BCUT2D eigenvalue weighted by molar-refractivity contribution is 0.349. The Morgan fingerprint density at radius 2 is 0.621 bits per heavy atom. The first kappa shape index (κ1) is 55.4. The van der Waals surface area contributed by atoms with Crippen LogP contribution in [-0.4, -0.2) is 0 Å². The summed E-state index contributed by atoms with van der Waals surface area (Å²) in [5, 5.41) is 0. The Bertz CT molecular complexity index is 4500. The van der Waals surface area contributed by atoms with Crippen molar-refractivity contribution in [2.45, 2.75) is 97.3 Å². The zero-order chi connectivity index (χ0) is 59.6. The normalized spacial score (nSPS) is 16.1. The van der Waals surface area contributed by atoms with Gasteiger partial charge in [-0.15, -0.1) is 0 Å². The first-order valence-corrected chi connectivity index (χ1v) is 31.3. The van der Waals surface area contributed by atoms with Gasteiger partial charge in [-0.25, -0.2) is 0 Å². The summed E-state index contributed by atoms with van der Waals surface area (Å²) in [5.74, 6) is 0. The third kappa shape index (κ3) is 10.2. The summed E-state index contributed by atoms with van der Waals surface area (Å²) in [4.78, 5) is 5.11. The molecular weight excluding hydrogens is 1050 g/mol. The van der Waals surface area contributed by atoms with E-state index >= 15 is 0 Å². The Morgan fingerprint density at radius 3 is 0.989 bits per heavy atom. The molecule has 0 aliphatic heterocycles. The smallest absolute Gasteiger partial charge is 0.0491 e. The van der Waals surface area contributed by atoms with Crippen molar-refractivity contribution in [2.75, 3.05) is 9.80 Å². The fraction of sp³-hybridized carbons (Fsp3) is 0.176. The molecule has 0 bridgehead atoms. The van der Waals surface area contributed by atoms with E-state index in [0.717, 1.165) is 25.7 Å². The van der Waals surface area contributed by atoms with Crippen LogP contribution in [0.5, 0.6) is 0 Å². The van der Waals surface area contributed by atoms with Gasteiger partial charge in [0.1, 0.15) is 0 Å². The molecule has 1 spiro atoms. The van der Waals surface area contributed by atoms with Crippen molar-refractivity contribution < 1.29 is 0 Å². The Balaban J connectivity index is 0.912. The van der Waals surface area contributed by atoms with Gasteiger partial charge in [0.25, 0.3) is 0 Å². The molecule has 2 heteroatoms. The maximum absolute atomic E-state index is 2.61. The fourth-order valence-corrected chi connectivity index (χ4v) is 15.2.